The van der Waals surface area contributed by atoms with Gasteiger partial charge in [-0.3, -0.25) is 14.5 Å². The van der Waals surface area contributed by atoms with E-state index in [4.69, 9.17) is 22.8 Å². The van der Waals surface area contributed by atoms with Gasteiger partial charge in [-0.25, -0.2) is 0 Å². The number of carbonyl (C=O) groups excluding carboxylic acids is 2. The molecule has 0 radical (unpaired) electrons. The summed E-state index contributed by atoms with van der Waals surface area (Å²) in [5, 5.41) is 0.344. The van der Waals surface area contributed by atoms with Crippen molar-refractivity contribution in [2.75, 3.05) is 39.5 Å². The molecule has 0 heterocycles. The van der Waals surface area contributed by atoms with Gasteiger partial charge in [0.25, 0.3) is 0 Å². The van der Waals surface area contributed by atoms with E-state index in [1.165, 1.54) is 51.4 Å². The topological polar surface area (TPSA) is 83.5 Å². The first-order valence-electron chi connectivity index (χ1n) is 27.0. The molecule has 2 unspecified atom stereocenters. The van der Waals surface area contributed by atoms with Gasteiger partial charge in [-0.1, -0.05) is 165 Å². The van der Waals surface area contributed by atoms with Gasteiger partial charge in [0.15, 0.2) is 25.0 Å². The van der Waals surface area contributed by atoms with Crippen molar-refractivity contribution < 1.29 is 32.3 Å². The molecular weight excluding hydrogens is 871 g/mol. The first-order valence-corrected chi connectivity index (χ1v) is 35.7. The van der Waals surface area contributed by atoms with Crippen molar-refractivity contribution in [3.63, 3.8) is 0 Å². The van der Waals surface area contributed by atoms with Crippen LogP contribution in [0.3, 0.4) is 0 Å². The second-order valence-corrected chi connectivity index (χ2v) is 38.3. The predicted molar refractivity (Wildman–Crippen MR) is 292 cm³/mol. The molecule has 11 heteroatoms. The Morgan fingerprint density at radius 1 is 0.485 bits per heavy atom. The van der Waals surface area contributed by atoms with E-state index < -0.39 is 25.0 Å². The zero-order valence-corrected chi connectivity index (χ0v) is 49.9. The average Bonchev–Trinajstić information content (AvgIpc) is 3.19. The summed E-state index contributed by atoms with van der Waals surface area (Å²) in [7, 11) is -6.06. The van der Waals surface area contributed by atoms with Crippen LogP contribution in [0.2, 0.25) is 54.4 Å². The van der Waals surface area contributed by atoms with E-state index in [2.05, 4.69) is 132 Å². The SMILES string of the molecule is CCCCCCC=CCOC(=O)CCCCCC(CN(CCCO[Si](C)(C)C(C)(C)C)CC(CCCCCC(=O)OC/C=C\CCCCCC)O[Si](C)(C)C(C)(C)C)O[Si](C)(C)C(C)(C)C. The highest BCUT2D eigenvalue weighted by molar-refractivity contribution is 6.75. The van der Waals surface area contributed by atoms with Gasteiger partial charge in [0.2, 0.25) is 0 Å². The lowest BCUT2D eigenvalue weighted by molar-refractivity contribution is -0.143. The molecule has 0 spiro atoms. The van der Waals surface area contributed by atoms with Crippen molar-refractivity contribution in [1.29, 1.82) is 0 Å². The highest BCUT2D eigenvalue weighted by Crippen LogP contribution is 2.40. The number of carbonyl (C=O) groups is 2. The fraction of sp³-hybridized carbons (Fsp3) is 0.891. The third kappa shape index (κ3) is 31.2. The summed E-state index contributed by atoms with van der Waals surface area (Å²) in [4.78, 5) is 27.8. The van der Waals surface area contributed by atoms with Gasteiger partial charge in [0.05, 0.1) is 12.2 Å². The molecule has 0 aliphatic heterocycles. The molecule has 0 bridgehead atoms. The number of allylic oxidation sites excluding steroid dienone is 2. The van der Waals surface area contributed by atoms with Gasteiger partial charge < -0.3 is 22.8 Å². The van der Waals surface area contributed by atoms with Crippen LogP contribution >= 0.6 is 0 Å². The lowest BCUT2D eigenvalue weighted by Crippen LogP contribution is -2.50. The molecular formula is C55H111NO7Si3. The molecule has 0 fully saturated rings. The summed E-state index contributed by atoms with van der Waals surface area (Å²) in [6.45, 7) is 43.7. The molecule has 0 aromatic rings. The van der Waals surface area contributed by atoms with Gasteiger partial charge in [-0.2, -0.15) is 0 Å². The van der Waals surface area contributed by atoms with Crippen LogP contribution in [0.4, 0.5) is 0 Å². The highest BCUT2D eigenvalue weighted by atomic mass is 28.4. The summed E-state index contributed by atoms with van der Waals surface area (Å²) in [6, 6.07) is 0. The number of hydrogen-bond donors (Lipinski definition) is 0. The van der Waals surface area contributed by atoms with Crippen molar-refractivity contribution >= 4 is 36.9 Å². The first kappa shape index (κ1) is 64.9. The van der Waals surface area contributed by atoms with Crippen LogP contribution in [-0.2, 0) is 32.3 Å². The molecule has 0 aliphatic rings. The number of nitrogens with zero attached hydrogens (tertiary/aromatic N) is 1. The van der Waals surface area contributed by atoms with Crippen LogP contribution in [-0.4, -0.2) is 93.5 Å². The minimum atomic E-state index is -2.09. The summed E-state index contributed by atoms with van der Waals surface area (Å²) in [5.41, 5.74) is 0. The van der Waals surface area contributed by atoms with E-state index in [-0.39, 0.29) is 39.3 Å². The lowest BCUT2D eigenvalue weighted by atomic mass is 10.1. The summed E-state index contributed by atoms with van der Waals surface area (Å²) in [6.07, 6.45) is 30.0. The van der Waals surface area contributed by atoms with Crippen molar-refractivity contribution in [2.45, 2.75) is 278 Å². The molecule has 0 aromatic carbocycles. The van der Waals surface area contributed by atoms with Crippen LogP contribution in [0.15, 0.2) is 24.3 Å². The van der Waals surface area contributed by atoms with Crippen LogP contribution < -0.4 is 0 Å². The maximum Gasteiger partial charge on any atom is 0.306 e. The normalized spacial score (nSPS) is 14.5. The molecule has 0 saturated carbocycles. The van der Waals surface area contributed by atoms with E-state index in [0.717, 1.165) is 96.9 Å². The van der Waals surface area contributed by atoms with Crippen molar-refractivity contribution in [2.24, 2.45) is 0 Å². The highest BCUT2D eigenvalue weighted by Gasteiger charge is 2.41. The second-order valence-electron chi connectivity index (χ2n) is 23.9. The Bertz CT molecular complexity index is 1230. The smallest absolute Gasteiger partial charge is 0.306 e. The molecule has 8 nitrogen and oxygen atoms in total. The Labute approximate surface area is 413 Å². The fourth-order valence-corrected chi connectivity index (χ4v) is 10.9. The van der Waals surface area contributed by atoms with Gasteiger partial charge in [0, 0.05) is 39.1 Å². The van der Waals surface area contributed by atoms with E-state index >= 15 is 0 Å². The minimum Gasteiger partial charge on any atom is -0.461 e. The van der Waals surface area contributed by atoms with Crippen LogP contribution in [0.1, 0.15) is 211 Å². The average molecular weight is 983 g/mol. The zero-order valence-electron chi connectivity index (χ0n) is 46.9. The van der Waals surface area contributed by atoms with Crippen molar-refractivity contribution in [1.82, 2.24) is 4.90 Å². The number of ether oxygens (including phenoxy) is 2. The predicted octanol–water partition coefficient (Wildman–Crippen LogP) is 16.5. The summed E-state index contributed by atoms with van der Waals surface area (Å²) < 4.78 is 32.4. The first-order chi connectivity index (χ1) is 30.7. The Morgan fingerprint density at radius 2 is 0.864 bits per heavy atom. The van der Waals surface area contributed by atoms with Crippen molar-refractivity contribution in [3.8, 4) is 0 Å². The number of esters is 2. The third-order valence-corrected chi connectivity index (χ3v) is 28.2. The minimum absolute atomic E-state index is 0.0806. The maximum absolute atomic E-state index is 12.6. The summed E-state index contributed by atoms with van der Waals surface area (Å²) >= 11 is 0. The Hall–Kier alpha value is -1.09. The maximum atomic E-state index is 12.6. The standard InChI is InChI=1S/C55H111NO7Si3/c1-18-20-22-24-26-28-36-44-59-51(57)41-34-30-32-39-49(62-65(14,15)54(6,7)8)47-56(43-38-46-61-64(12,13)53(3,4)5)48-50(63-66(16,17)55(9,10)11)40-33-31-35-42-52(58)60-45-37-29-27-25-23-21-19-2/h28-29,36-37,49-50H,18-27,30-35,38-48H2,1-17H3/b36-28-,37-29?. The van der Waals surface area contributed by atoms with Crippen molar-refractivity contribution in [3.05, 3.63) is 24.3 Å². The Morgan fingerprint density at radius 3 is 1.23 bits per heavy atom. The monoisotopic (exact) mass is 982 g/mol. The molecule has 0 N–H and O–H groups in total. The largest absolute Gasteiger partial charge is 0.461 e. The fourth-order valence-electron chi connectivity index (χ4n) is 7.04. The molecule has 66 heavy (non-hydrogen) atoms. The second kappa shape index (κ2) is 34.3. The van der Waals surface area contributed by atoms with E-state index in [1.807, 2.05) is 12.2 Å². The van der Waals surface area contributed by atoms with E-state index in [1.54, 1.807) is 0 Å². The molecule has 0 saturated heterocycles. The summed E-state index contributed by atoms with van der Waals surface area (Å²) in [5.74, 6) is -0.204. The zero-order chi connectivity index (χ0) is 50.3. The molecule has 0 aromatic heterocycles. The number of rotatable bonds is 39. The number of unbranched alkanes of at least 4 members (excludes halogenated alkanes) is 12. The number of hydrogen-bond acceptors (Lipinski definition) is 8. The Balaban J connectivity index is 6.00. The van der Waals surface area contributed by atoms with Gasteiger partial charge in [-0.15, -0.1) is 0 Å². The molecule has 390 valence electrons. The lowest BCUT2D eigenvalue weighted by Gasteiger charge is -2.43. The van der Waals surface area contributed by atoms with Crippen LogP contribution in [0, 0.1) is 0 Å². The Kier molecular flexibility index (Phi) is 33.7. The van der Waals surface area contributed by atoms with E-state index in [9.17, 15) is 9.59 Å². The van der Waals surface area contributed by atoms with E-state index in [0.29, 0.717) is 26.1 Å². The quantitative estimate of drug-likeness (QED) is 0.0261. The molecule has 0 amide bonds. The van der Waals surface area contributed by atoms with Gasteiger partial charge in [0.1, 0.15) is 13.2 Å². The van der Waals surface area contributed by atoms with Crippen LogP contribution in [0.25, 0.3) is 0 Å². The molecule has 0 rings (SSSR count). The van der Waals surface area contributed by atoms with Gasteiger partial charge >= 0.3 is 11.9 Å². The third-order valence-electron chi connectivity index (χ3n) is 14.6. The van der Waals surface area contributed by atoms with Crippen LogP contribution in [0.5, 0.6) is 0 Å². The molecule has 0 aliphatic carbocycles. The molecule has 2 atom stereocenters. The van der Waals surface area contributed by atoms with Gasteiger partial charge in [-0.05, 0) is 112 Å².